The van der Waals surface area contributed by atoms with Gasteiger partial charge >= 0.3 is 6.03 Å². The average Bonchev–Trinajstić information content (AvgIpc) is 2.72. The number of aryl methyl sites for hydroxylation is 1. The van der Waals surface area contributed by atoms with Crippen molar-refractivity contribution in [3.8, 4) is 5.75 Å². The molecule has 1 saturated heterocycles. The van der Waals surface area contributed by atoms with Crippen LogP contribution in [0.1, 0.15) is 12.0 Å². The van der Waals surface area contributed by atoms with Crippen LogP contribution in [0.4, 0.5) is 10.5 Å². The van der Waals surface area contributed by atoms with Crippen LogP contribution in [-0.4, -0.2) is 45.0 Å². The normalized spacial score (nSPS) is 16.5. The van der Waals surface area contributed by atoms with Gasteiger partial charge in [-0.1, -0.05) is 42.5 Å². The Balaban J connectivity index is 1.43. The summed E-state index contributed by atoms with van der Waals surface area (Å²) >= 11 is 0. The second-order valence-corrected chi connectivity index (χ2v) is 6.47. The Kier molecular flexibility index (Phi) is 7.50. The van der Waals surface area contributed by atoms with E-state index < -0.39 is 0 Å². The molecule has 27 heavy (non-hydrogen) atoms. The predicted octanol–water partition coefficient (Wildman–Crippen LogP) is 2.81. The van der Waals surface area contributed by atoms with Crippen LogP contribution < -0.4 is 20.7 Å². The molecule has 3 rings (SSSR count). The first-order chi connectivity index (χ1) is 13.3. The summed E-state index contributed by atoms with van der Waals surface area (Å²) in [7, 11) is 0. The van der Waals surface area contributed by atoms with E-state index in [2.05, 4.69) is 28.1 Å². The van der Waals surface area contributed by atoms with Crippen LogP contribution in [0.25, 0.3) is 0 Å². The summed E-state index contributed by atoms with van der Waals surface area (Å²) < 4.78 is 11.5. The minimum Gasteiger partial charge on any atom is -0.491 e. The zero-order valence-corrected chi connectivity index (χ0v) is 15.4. The van der Waals surface area contributed by atoms with Gasteiger partial charge in [-0.15, -0.1) is 0 Å². The third kappa shape index (κ3) is 6.58. The van der Waals surface area contributed by atoms with Gasteiger partial charge in [0.05, 0.1) is 25.0 Å². The second kappa shape index (κ2) is 10.5. The highest BCUT2D eigenvalue weighted by Crippen LogP contribution is 2.23. The Morgan fingerprint density at radius 1 is 1.15 bits per heavy atom. The summed E-state index contributed by atoms with van der Waals surface area (Å²) in [6.45, 7) is 3.35. The van der Waals surface area contributed by atoms with E-state index in [9.17, 15) is 4.79 Å². The van der Waals surface area contributed by atoms with Crippen LogP contribution in [0.15, 0.2) is 54.6 Å². The first-order valence-electron chi connectivity index (χ1n) is 9.44. The second-order valence-electron chi connectivity index (χ2n) is 6.47. The summed E-state index contributed by atoms with van der Waals surface area (Å²) in [5.74, 6) is 0.677. The van der Waals surface area contributed by atoms with Gasteiger partial charge in [-0.25, -0.2) is 4.79 Å². The van der Waals surface area contributed by atoms with Gasteiger partial charge in [0, 0.05) is 19.6 Å². The molecule has 6 nitrogen and oxygen atoms in total. The monoisotopic (exact) mass is 369 g/mol. The minimum absolute atomic E-state index is 0.00832. The van der Waals surface area contributed by atoms with Crippen LogP contribution in [0.3, 0.4) is 0 Å². The molecule has 0 spiro atoms. The number of para-hydroxylation sites is 2. The first kappa shape index (κ1) is 19.2. The molecule has 1 atom stereocenters. The summed E-state index contributed by atoms with van der Waals surface area (Å²) in [5, 5.41) is 8.95. The van der Waals surface area contributed by atoms with Crippen LogP contribution in [0, 0.1) is 0 Å². The topological polar surface area (TPSA) is 71.6 Å². The van der Waals surface area contributed by atoms with Crippen LogP contribution in [0.5, 0.6) is 5.75 Å². The molecule has 144 valence electrons. The molecule has 0 aromatic heterocycles. The van der Waals surface area contributed by atoms with Crippen molar-refractivity contribution in [2.75, 3.05) is 38.2 Å². The summed E-state index contributed by atoms with van der Waals surface area (Å²) in [6.07, 6.45) is 1.89. The molecule has 2 amide bonds. The molecule has 2 aromatic carbocycles. The maximum Gasteiger partial charge on any atom is 0.319 e. The van der Waals surface area contributed by atoms with E-state index in [1.54, 1.807) is 0 Å². The number of urea groups is 1. The van der Waals surface area contributed by atoms with Crippen LogP contribution in [-0.2, 0) is 11.2 Å². The molecule has 1 aliphatic rings. The van der Waals surface area contributed by atoms with Gasteiger partial charge < -0.3 is 25.4 Å². The Labute approximate surface area is 160 Å². The number of morpholine rings is 1. The van der Waals surface area contributed by atoms with Gasteiger partial charge in [0.25, 0.3) is 0 Å². The average molecular weight is 369 g/mol. The van der Waals surface area contributed by atoms with E-state index in [4.69, 9.17) is 9.47 Å². The number of anilines is 1. The van der Waals surface area contributed by atoms with Gasteiger partial charge in [-0.2, -0.15) is 0 Å². The lowest BCUT2D eigenvalue weighted by Crippen LogP contribution is -2.46. The molecule has 1 aliphatic heterocycles. The zero-order valence-electron chi connectivity index (χ0n) is 15.4. The van der Waals surface area contributed by atoms with Crippen molar-refractivity contribution in [2.45, 2.75) is 18.9 Å². The molecule has 1 fully saturated rings. The molecule has 0 aliphatic carbocycles. The van der Waals surface area contributed by atoms with Crippen molar-refractivity contribution in [2.24, 2.45) is 0 Å². The standard InChI is InChI=1S/C21H27N3O3/c25-21(23-16-18-15-22-12-14-26-18)24-19-10-4-5-11-20(19)27-13-6-9-17-7-2-1-3-8-17/h1-5,7-8,10-11,18,22H,6,9,12-16H2,(H2,23,24,25)/t18-/m0/s1. The lowest BCUT2D eigenvalue weighted by molar-refractivity contribution is 0.0310. The maximum absolute atomic E-state index is 12.2. The lowest BCUT2D eigenvalue weighted by Gasteiger charge is -2.23. The van der Waals surface area contributed by atoms with Crippen LogP contribution >= 0.6 is 0 Å². The largest absolute Gasteiger partial charge is 0.491 e. The molecule has 0 saturated carbocycles. The number of rotatable bonds is 8. The Morgan fingerprint density at radius 3 is 2.78 bits per heavy atom. The molecule has 6 heteroatoms. The van der Waals surface area contributed by atoms with E-state index in [-0.39, 0.29) is 12.1 Å². The SMILES string of the molecule is O=C(NC[C@@H]1CNCCO1)Nc1ccccc1OCCCc1ccccc1. The van der Waals surface area contributed by atoms with Crippen molar-refractivity contribution in [3.63, 3.8) is 0 Å². The van der Waals surface area contributed by atoms with Gasteiger partial charge in [-0.3, -0.25) is 0 Å². The quantitative estimate of drug-likeness (QED) is 0.626. The fourth-order valence-electron chi connectivity index (χ4n) is 2.92. The molecule has 2 aromatic rings. The summed E-state index contributed by atoms with van der Waals surface area (Å²) in [6, 6.07) is 17.6. The number of carbonyl (C=O) groups excluding carboxylic acids is 1. The molecule has 0 unspecified atom stereocenters. The first-order valence-corrected chi connectivity index (χ1v) is 9.44. The third-order valence-corrected chi connectivity index (χ3v) is 4.34. The maximum atomic E-state index is 12.2. The molecular formula is C21H27N3O3. The highest BCUT2D eigenvalue weighted by molar-refractivity contribution is 5.90. The van der Waals surface area contributed by atoms with E-state index in [1.807, 2.05) is 42.5 Å². The molecular weight excluding hydrogens is 342 g/mol. The lowest BCUT2D eigenvalue weighted by atomic mass is 10.1. The number of hydrogen-bond donors (Lipinski definition) is 3. The Hall–Kier alpha value is -2.57. The number of benzene rings is 2. The molecule has 0 radical (unpaired) electrons. The number of amides is 2. The zero-order chi connectivity index (χ0) is 18.7. The fourth-order valence-corrected chi connectivity index (χ4v) is 2.92. The van der Waals surface area contributed by atoms with Gasteiger partial charge in [0.2, 0.25) is 0 Å². The summed E-state index contributed by atoms with van der Waals surface area (Å²) in [4.78, 5) is 12.2. The van der Waals surface area contributed by atoms with Crippen molar-refractivity contribution < 1.29 is 14.3 Å². The number of nitrogens with one attached hydrogen (secondary N) is 3. The predicted molar refractivity (Wildman–Crippen MR) is 106 cm³/mol. The van der Waals surface area contributed by atoms with Crippen molar-refractivity contribution in [3.05, 3.63) is 60.2 Å². The van der Waals surface area contributed by atoms with Crippen molar-refractivity contribution in [1.82, 2.24) is 10.6 Å². The smallest absolute Gasteiger partial charge is 0.319 e. The molecule has 1 heterocycles. The Bertz CT molecular complexity index is 703. The van der Waals surface area contributed by atoms with E-state index in [1.165, 1.54) is 5.56 Å². The molecule has 3 N–H and O–H groups in total. The van der Waals surface area contributed by atoms with Gasteiger partial charge in [-0.05, 0) is 30.5 Å². The number of hydrogen-bond acceptors (Lipinski definition) is 4. The number of carbonyl (C=O) groups is 1. The minimum atomic E-state index is -0.260. The third-order valence-electron chi connectivity index (χ3n) is 4.34. The van der Waals surface area contributed by atoms with E-state index in [0.717, 1.165) is 25.9 Å². The number of ether oxygens (including phenoxy) is 2. The molecule has 0 bridgehead atoms. The van der Waals surface area contributed by atoms with Crippen LogP contribution in [0.2, 0.25) is 0 Å². The van der Waals surface area contributed by atoms with E-state index in [0.29, 0.717) is 31.2 Å². The Morgan fingerprint density at radius 2 is 1.96 bits per heavy atom. The highest BCUT2D eigenvalue weighted by Gasteiger charge is 2.14. The van der Waals surface area contributed by atoms with Crippen molar-refractivity contribution in [1.29, 1.82) is 0 Å². The summed E-state index contributed by atoms with van der Waals surface area (Å²) in [5.41, 5.74) is 1.96. The van der Waals surface area contributed by atoms with Gasteiger partial charge in [0.15, 0.2) is 0 Å². The fraction of sp³-hybridized carbons (Fsp3) is 0.381. The van der Waals surface area contributed by atoms with E-state index >= 15 is 0 Å². The van der Waals surface area contributed by atoms with Gasteiger partial charge in [0.1, 0.15) is 5.75 Å². The highest BCUT2D eigenvalue weighted by atomic mass is 16.5. The van der Waals surface area contributed by atoms with Crippen molar-refractivity contribution >= 4 is 11.7 Å².